The van der Waals surface area contributed by atoms with Gasteiger partial charge in [0.2, 0.25) is 0 Å². The summed E-state index contributed by atoms with van der Waals surface area (Å²) in [5.74, 6) is -0.170. The van der Waals surface area contributed by atoms with Gasteiger partial charge in [-0.05, 0) is 61.0 Å². The molecule has 3 aromatic carbocycles. The van der Waals surface area contributed by atoms with E-state index >= 15 is 0 Å². The van der Waals surface area contributed by atoms with Gasteiger partial charge in [0, 0.05) is 50.4 Å². The van der Waals surface area contributed by atoms with E-state index in [2.05, 4.69) is 76.3 Å². The molecule has 5 rings (SSSR count). The molecule has 0 bridgehead atoms. The smallest absolute Gasteiger partial charge is 0.123 e. The van der Waals surface area contributed by atoms with E-state index in [1.165, 1.54) is 16.7 Å². The third-order valence-corrected chi connectivity index (χ3v) is 7.26. The first kappa shape index (κ1) is 21.2. The molecule has 1 saturated heterocycles. The Balaban J connectivity index is 1.34. The number of anilines is 1. The highest BCUT2D eigenvalue weighted by Gasteiger charge is 2.40. The number of rotatable bonds is 5. The van der Waals surface area contributed by atoms with Crippen molar-refractivity contribution in [1.82, 2.24) is 9.80 Å². The molecule has 4 heteroatoms. The van der Waals surface area contributed by atoms with Crippen LogP contribution in [0.15, 0.2) is 78.9 Å². The molecule has 0 aliphatic carbocycles. The van der Waals surface area contributed by atoms with Gasteiger partial charge in [-0.15, -0.1) is 0 Å². The first-order valence-electron chi connectivity index (χ1n) is 11.7. The van der Waals surface area contributed by atoms with Crippen molar-refractivity contribution in [1.29, 1.82) is 0 Å². The molecule has 32 heavy (non-hydrogen) atoms. The zero-order chi connectivity index (χ0) is 22.0. The molecular weight excluding hydrogens is 397 g/mol. The van der Waals surface area contributed by atoms with Gasteiger partial charge < -0.3 is 9.80 Å². The van der Waals surface area contributed by atoms with E-state index < -0.39 is 0 Å². The average molecular weight is 430 g/mol. The lowest BCUT2D eigenvalue weighted by atomic mass is 9.68. The van der Waals surface area contributed by atoms with Gasteiger partial charge >= 0.3 is 0 Å². The van der Waals surface area contributed by atoms with Gasteiger partial charge in [0.1, 0.15) is 5.82 Å². The molecule has 1 unspecified atom stereocenters. The number of halogens is 1. The maximum atomic E-state index is 13.3. The third kappa shape index (κ3) is 4.17. The molecule has 2 heterocycles. The van der Waals surface area contributed by atoms with Crippen molar-refractivity contribution in [2.45, 2.75) is 18.4 Å². The highest BCUT2D eigenvalue weighted by molar-refractivity contribution is 5.47. The predicted molar refractivity (Wildman–Crippen MR) is 130 cm³/mol. The van der Waals surface area contributed by atoms with Crippen LogP contribution in [-0.4, -0.2) is 56.1 Å². The summed E-state index contributed by atoms with van der Waals surface area (Å²) in [4.78, 5) is 7.44. The Kier molecular flexibility index (Phi) is 5.99. The van der Waals surface area contributed by atoms with Crippen molar-refractivity contribution in [2.75, 3.05) is 51.2 Å². The Morgan fingerprint density at radius 3 is 2.25 bits per heavy atom. The molecule has 1 fully saturated rings. The van der Waals surface area contributed by atoms with Crippen LogP contribution in [0.5, 0.6) is 0 Å². The maximum absolute atomic E-state index is 13.3. The van der Waals surface area contributed by atoms with Crippen molar-refractivity contribution >= 4 is 5.69 Å². The number of piperazine rings is 1. The van der Waals surface area contributed by atoms with Crippen LogP contribution in [0.1, 0.15) is 23.1 Å². The van der Waals surface area contributed by atoms with Gasteiger partial charge in [-0.1, -0.05) is 54.6 Å². The zero-order valence-electron chi connectivity index (χ0n) is 18.9. The standard InChI is InChI=1S/C28H32FN3/c1-30-21-23-7-5-6-10-27(23)28(22-30,24-8-3-2-4-9-24)15-16-31-17-19-32(20-18-31)26-13-11-25(29)12-14-26/h2-14H,15-22H2,1H3. The van der Waals surface area contributed by atoms with Crippen molar-refractivity contribution in [3.8, 4) is 0 Å². The van der Waals surface area contributed by atoms with E-state index in [4.69, 9.17) is 0 Å². The number of benzene rings is 3. The minimum atomic E-state index is -0.170. The van der Waals surface area contributed by atoms with Crippen LogP contribution in [0.2, 0.25) is 0 Å². The fourth-order valence-electron chi connectivity index (χ4n) is 5.61. The molecule has 2 aliphatic rings. The Hall–Kier alpha value is -2.69. The van der Waals surface area contributed by atoms with Crippen LogP contribution >= 0.6 is 0 Å². The summed E-state index contributed by atoms with van der Waals surface area (Å²) < 4.78 is 13.3. The van der Waals surface area contributed by atoms with Gasteiger partial charge in [-0.25, -0.2) is 4.39 Å². The molecule has 0 N–H and O–H groups in total. The van der Waals surface area contributed by atoms with Crippen molar-refractivity contribution in [2.24, 2.45) is 0 Å². The molecule has 0 amide bonds. The first-order valence-corrected chi connectivity index (χ1v) is 11.7. The Morgan fingerprint density at radius 1 is 0.812 bits per heavy atom. The summed E-state index contributed by atoms with van der Waals surface area (Å²) >= 11 is 0. The fourth-order valence-corrected chi connectivity index (χ4v) is 5.61. The fraction of sp³-hybridized carbons (Fsp3) is 0.357. The van der Waals surface area contributed by atoms with Crippen molar-refractivity contribution < 1.29 is 4.39 Å². The number of fused-ring (bicyclic) bond motifs is 1. The SMILES string of the molecule is CN1Cc2ccccc2C(CCN2CCN(c3ccc(F)cc3)CC2)(c2ccccc2)C1. The van der Waals surface area contributed by atoms with Crippen LogP contribution in [0.3, 0.4) is 0 Å². The molecule has 0 radical (unpaired) electrons. The van der Waals surface area contributed by atoms with E-state index in [0.717, 1.165) is 57.9 Å². The normalized spacial score (nSPS) is 22.0. The number of likely N-dealkylation sites (N-methyl/N-ethyl adjacent to an activating group) is 1. The second kappa shape index (κ2) is 9.05. The lowest BCUT2D eigenvalue weighted by Crippen LogP contribution is -2.50. The highest BCUT2D eigenvalue weighted by atomic mass is 19.1. The third-order valence-electron chi connectivity index (χ3n) is 7.26. The van der Waals surface area contributed by atoms with Crippen LogP contribution in [0, 0.1) is 5.82 Å². The lowest BCUT2D eigenvalue weighted by molar-refractivity contribution is 0.190. The van der Waals surface area contributed by atoms with Gasteiger partial charge in [-0.3, -0.25) is 4.90 Å². The van der Waals surface area contributed by atoms with E-state index in [1.54, 1.807) is 12.1 Å². The summed E-state index contributed by atoms with van der Waals surface area (Å²) in [5, 5.41) is 0. The Labute approximate surface area is 191 Å². The molecule has 0 aromatic heterocycles. The van der Waals surface area contributed by atoms with Crippen LogP contribution in [-0.2, 0) is 12.0 Å². The van der Waals surface area contributed by atoms with Crippen molar-refractivity contribution in [3.05, 3.63) is 101 Å². The molecule has 0 spiro atoms. The first-order chi connectivity index (χ1) is 15.6. The molecule has 166 valence electrons. The minimum Gasteiger partial charge on any atom is -0.369 e. The second-order valence-electron chi connectivity index (χ2n) is 9.33. The van der Waals surface area contributed by atoms with Crippen LogP contribution in [0.25, 0.3) is 0 Å². The number of hydrogen-bond donors (Lipinski definition) is 0. The van der Waals surface area contributed by atoms with E-state index in [9.17, 15) is 4.39 Å². The van der Waals surface area contributed by atoms with Crippen LogP contribution in [0.4, 0.5) is 10.1 Å². The molecular formula is C28H32FN3. The summed E-state index contributed by atoms with van der Waals surface area (Å²) in [6.45, 7) is 7.19. The average Bonchev–Trinajstić information content (AvgIpc) is 2.84. The number of hydrogen-bond acceptors (Lipinski definition) is 3. The topological polar surface area (TPSA) is 9.72 Å². The van der Waals surface area contributed by atoms with Crippen molar-refractivity contribution in [3.63, 3.8) is 0 Å². The second-order valence-corrected chi connectivity index (χ2v) is 9.33. The van der Waals surface area contributed by atoms with E-state index in [0.29, 0.717) is 0 Å². The molecule has 0 saturated carbocycles. The molecule has 3 aromatic rings. The van der Waals surface area contributed by atoms with Crippen LogP contribution < -0.4 is 4.90 Å². The largest absolute Gasteiger partial charge is 0.369 e. The summed E-state index contributed by atoms with van der Waals surface area (Å²) in [5.41, 5.74) is 5.50. The maximum Gasteiger partial charge on any atom is 0.123 e. The Bertz CT molecular complexity index is 1030. The minimum absolute atomic E-state index is 0.0128. The Morgan fingerprint density at radius 2 is 1.50 bits per heavy atom. The predicted octanol–water partition coefficient (Wildman–Crippen LogP) is 4.77. The highest BCUT2D eigenvalue weighted by Crippen LogP contribution is 2.42. The summed E-state index contributed by atoms with van der Waals surface area (Å²) in [7, 11) is 2.25. The molecule has 3 nitrogen and oxygen atoms in total. The zero-order valence-corrected chi connectivity index (χ0v) is 18.9. The summed E-state index contributed by atoms with van der Waals surface area (Å²) in [6.07, 6.45) is 1.11. The monoisotopic (exact) mass is 429 g/mol. The van der Waals surface area contributed by atoms with E-state index in [1.807, 2.05) is 12.1 Å². The molecule has 2 aliphatic heterocycles. The van der Waals surface area contributed by atoms with Gasteiger partial charge in [0.15, 0.2) is 0 Å². The van der Waals surface area contributed by atoms with Gasteiger partial charge in [-0.2, -0.15) is 0 Å². The summed E-state index contributed by atoms with van der Waals surface area (Å²) in [6, 6.07) is 27.0. The van der Waals surface area contributed by atoms with Gasteiger partial charge in [0.25, 0.3) is 0 Å². The number of nitrogens with zero attached hydrogens (tertiary/aromatic N) is 3. The molecule has 1 atom stereocenters. The van der Waals surface area contributed by atoms with E-state index in [-0.39, 0.29) is 11.2 Å². The van der Waals surface area contributed by atoms with Gasteiger partial charge in [0.05, 0.1) is 0 Å². The quantitative estimate of drug-likeness (QED) is 0.579. The lowest BCUT2D eigenvalue weighted by Gasteiger charge is -2.45.